The number of nitrogens with one attached hydrogen (secondary N) is 1. The summed E-state index contributed by atoms with van der Waals surface area (Å²) < 4.78 is 11.0. The van der Waals surface area contributed by atoms with E-state index in [1.165, 1.54) is 0 Å². The number of esters is 1. The maximum Gasteiger partial charge on any atom is 0.320 e. The summed E-state index contributed by atoms with van der Waals surface area (Å²) in [7, 11) is 0. The van der Waals surface area contributed by atoms with Gasteiger partial charge in [-0.3, -0.25) is 10.1 Å². The molecule has 1 saturated carbocycles. The molecule has 1 heterocycles. The summed E-state index contributed by atoms with van der Waals surface area (Å²) in [4.78, 5) is 12.0. The normalized spacial score (nSPS) is 35.8. The van der Waals surface area contributed by atoms with Crippen molar-refractivity contribution in [1.82, 2.24) is 5.32 Å². The van der Waals surface area contributed by atoms with Crippen LogP contribution in [0.3, 0.4) is 0 Å². The molecule has 2 fully saturated rings. The molecule has 1 aliphatic heterocycles. The summed E-state index contributed by atoms with van der Waals surface area (Å²) in [5.41, 5.74) is -2.07. The van der Waals surface area contributed by atoms with Gasteiger partial charge in [0.2, 0.25) is 0 Å². The van der Waals surface area contributed by atoms with Crippen LogP contribution >= 0.6 is 0 Å². The van der Waals surface area contributed by atoms with Gasteiger partial charge in [0.15, 0.2) is 0 Å². The zero-order valence-corrected chi connectivity index (χ0v) is 15.0. The molecule has 0 radical (unpaired) electrons. The van der Waals surface area contributed by atoms with Crippen LogP contribution in [0.5, 0.6) is 0 Å². The standard InChI is InChI=1S/C17H31NO5/c1-10(2)11-7-17(11,14-13(22-14)16(6,21)9-19)18-8-12(20)23-15(3,4)5/h10-11,13-14,18-19,21H,7-9H2,1-6H3/t11?,13?,14?,16-,17-/m1/s1. The average molecular weight is 329 g/mol. The second-order valence-electron chi connectivity index (χ2n) is 8.53. The largest absolute Gasteiger partial charge is 0.459 e. The number of carbonyl (C=O) groups is 1. The first-order chi connectivity index (χ1) is 10.4. The number of hydrogen-bond donors (Lipinski definition) is 3. The Hall–Kier alpha value is -0.690. The molecule has 23 heavy (non-hydrogen) atoms. The zero-order chi connectivity index (χ0) is 17.6. The minimum Gasteiger partial charge on any atom is -0.459 e. The molecule has 0 aromatic rings. The number of rotatable bonds is 7. The molecule has 134 valence electrons. The average Bonchev–Trinajstić information content (AvgIpc) is 3.26. The van der Waals surface area contributed by atoms with Crippen LogP contribution in [-0.2, 0) is 14.3 Å². The fourth-order valence-corrected chi connectivity index (χ4v) is 3.45. The van der Waals surface area contributed by atoms with Gasteiger partial charge in [0.25, 0.3) is 0 Å². The van der Waals surface area contributed by atoms with Gasteiger partial charge >= 0.3 is 5.97 Å². The van der Waals surface area contributed by atoms with Gasteiger partial charge < -0.3 is 19.7 Å². The highest BCUT2D eigenvalue weighted by Gasteiger charge is 2.71. The van der Waals surface area contributed by atoms with Crippen LogP contribution in [0.2, 0.25) is 0 Å². The van der Waals surface area contributed by atoms with Crippen molar-refractivity contribution in [3.63, 3.8) is 0 Å². The Bertz CT molecular complexity index is 456. The molecule has 6 nitrogen and oxygen atoms in total. The molecule has 0 amide bonds. The van der Waals surface area contributed by atoms with E-state index in [4.69, 9.17) is 9.47 Å². The van der Waals surface area contributed by atoms with Crippen molar-refractivity contribution in [3.8, 4) is 0 Å². The number of aliphatic hydroxyl groups excluding tert-OH is 1. The minimum absolute atomic E-state index is 0.119. The Morgan fingerprint density at radius 2 is 2.00 bits per heavy atom. The fraction of sp³-hybridized carbons (Fsp3) is 0.941. The summed E-state index contributed by atoms with van der Waals surface area (Å²) in [5.74, 6) is 0.539. The molecule has 2 aliphatic rings. The van der Waals surface area contributed by atoms with E-state index in [2.05, 4.69) is 19.2 Å². The maximum atomic E-state index is 12.0. The van der Waals surface area contributed by atoms with E-state index in [1.807, 2.05) is 20.8 Å². The molecule has 5 atom stereocenters. The predicted molar refractivity (Wildman–Crippen MR) is 85.9 cm³/mol. The summed E-state index contributed by atoms with van der Waals surface area (Å²) >= 11 is 0. The van der Waals surface area contributed by atoms with Crippen molar-refractivity contribution in [3.05, 3.63) is 0 Å². The van der Waals surface area contributed by atoms with Crippen LogP contribution in [0, 0.1) is 11.8 Å². The van der Waals surface area contributed by atoms with Gasteiger partial charge in [-0.1, -0.05) is 13.8 Å². The topological polar surface area (TPSA) is 91.3 Å². The van der Waals surface area contributed by atoms with Crippen molar-refractivity contribution in [2.24, 2.45) is 11.8 Å². The van der Waals surface area contributed by atoms with Crippen molar-refractivity contribution < 1.29 is 24.5 Å². The predicted octanol–water partition coefficient (Wildman–Crippen LogP) is 0.843. The molecule has 0 aromatic carbocycles. The van der Waals surface area contributed by atoms with Crippen molar-refractivity contribution in [1.29, 1.82) is 0 Å². The van der Waals surface area contributed by atoms with Crippen LogP contribution < -0.4 is 5.32 Å². The summed E-state index contributed by atoms with van der Waals surface area (Å²) in [6, 6.07) is 0. The molecule has 1 saturated heterocycles. The Kier molecular flexibility index (Phi) is 4.86. The number of carbonyl (C=O) groups excluding carboxylic acids is 1. The van der Waals surface area contributed by atoms with Gasteiger partial charge in [-0.2, -0.15) is 0 Å². The second kappa shape index (κ2) is 5.99. The van der Waals surface area contributed by atoms with E-state index in [0.717, 1.165) is 6.42 Å². The van der Waals surface area contributed by atoms with E-state index in [1.54, 1.807) is 6.92 Å². The molecular weight excluding hydrogens is 298 g/mol. The third kappa shape index (κ3) is 4.05. The van der Waals surface area contributed by atoms with Crippen LogP contribution in [-0.4, -0.2) is 58.3 Å². The molecule has 0 spiro atoms. The van der Waals surface area contributed by atoms with E-state index in [0.29, 0.717) is 11.8 Å². The number of aliphatic hydroxyl groups is 2. The molecular formula is C17H31NO5. The van der Waals surface area contributed by atoms with Gasteiger partial charge in [-0.05, 0) is 46.0 Å². The maximum absolute atomic E-state index is 12.0. The third-order valence-electron chi connectivity index (χ3n) is 4.78. The highest BCUT2D eigenvalue weighted by Crippen LogP contribution is 2.58. The molecule has 6 heteroatoms. The lowest BCUT2D eigenvalue weighted by molar-refractivity contribution is -0.153. The number of epoxide rings is 1. The molecule has 3 N–H and O–H groups in total. The molecule has 0 bridgehead atoms. The van der Waals surface area contributed by atoms with E-state index in [9.17, 15) is 15.0 Å². The monoisotopic (exact) mass is 329 g/mol. The van der Waals surface area contributed by atoms with Crippen molar-refractivity contribution in [2.75, 3.05) is 13.2 Å². The fourth-order valence-electron chi connectivity index (χ4n) is 3.45. The van der Waals surface area contributed by atoms with Crippen LogP contribution in [0.15, 0.2) is 0 Å². The Morgan fingerprint density at radius 1 is 1.39 bits per heavy atom. The first-order valence-corrected chi connectivity index (χ1v) is 8.38. The van der Waals surface area contributed by atoms with Gasteiger partial charge in [-0.15, -0.1) is 0 Å². The van der Waals surface area contributed by atoms with Gasteiger partial charge in [-0.25, -0.2) is 0 Å². The molecule has 2 rings (SSSR count). The van der Waals surface area contributed by atoms with E-state index < -0.39 is 17.3 Å². The summed E-state index contributed by atoms with van der Waals surface area (Å²) in [5, 5.41) is 22.8. The van der Waals surface area contributed by atoms with Crippen molar-refractivity contribution >= 4 is 5.97 Å². The molecule has 1 aliphatic carbocycles. The van der Waals surface area contributed by atoms with Crippen molar-refractivity contribution in [2.45, 2.75) is 76.9 Å². The van der Waals surface area contributed by atoms with E-state index in [-0.39, 0.29) is 30.8 Å². The number of hydrogen-bond acceptors (Lipinski definition) is 6. The first-order valence-electron chi connectivity index (χ1n) is 8.38. The zero-order valence-electron chi connectivity index (χ0n) is 15.0. The van der Waals surface area contributed by atoms with Gasteiger partial charge in [0, 0.05) is 0 Å². The van der Waals surface area contributed by atoms with Gasteiger partial charge in [0.1, 0.15) is 23.4 Å². The second-order valence-corrected chi connectivity index (χ2v) is 8.53. The van der Waals surface area contributed by atoms with E-state index >= 15 is 0 Å². The van der Waals surface area contributed by atoms with Crippen LogP contribution in [0.25, 0.3) is 0 Å². The Labute approximate surface area is 138 Å². The first kappa shape index (κ1) is 18.6. The third-order valence-corrected chi connectivity index (χ3v) is 4.78. The van der Waals surface area contributed by atoms with Crippen LogP contribution in [0.4, 0.5) is 0 Å². The minimum atomic E-state index is -1.25. The molecule has 0 aromatic heterocycles. The molecule has 3 unspecified atom stereocenters. The Morgan fingerprint density at radius 3 is 2.43 bits per heavy atom. The lowest BCUT2D eigenvalue weighted by Crippen LogP contribution is -2.47. The van der Waals surface area contributed by atoms with Gasteiger partial charge in [0.05, 0.1) is 18.7 Å². The summed E-state index contributed by atoms with van der Waals surface area (Å²) in [6.45, 7) is 11.2. The highest BCUT2D eigenvalue weighted by molar-refractivity contribution is 5.72. The highest BCUT2D eigenvalue weighted by atomic mass is 16.6. The van der Waals surface area contributed by atoms with Crippen LogP contribution in [0.1, 0.15) is 48.0 Å². The summed E-state index contributed by atoms with van der Waals surface area (Å²) in [6.07, 6.45) is 0.317. The Balaban J connectivity index is 1.99. The lowest BCUT2D eigenvalue weighted by atomic mass is 9.93. The SMILES string of the molecule is CC(C)C1C[C@]1(NCC(=O)OC(C)(C)C)C1OC1[C@](C)(O)CO. The lowest BCUT2D eigenvalue weighted by Gasteiger charge is -2.24. The number of ether oxygens (including phenoxy) is 2. The quantitative estimate of drug-likeness (QED) is 0.474. The smallest absolute Gasteiger partial charge is 0.320 e.